The van der Waals surface area contributed by atoms with Gasteiger partial charge in [-0.1, -0.05) is 19.1 Å². The van der Waals surface area contributed by atoms with Crippen LogP contribution in [0.25, 0.3) is 0 Å². The van der Waals surface area contributed by atoms with Gasteiger partial charge in [0.25, 0.3) is 5.91 Å². The van der Waals surface area contributed by atoms with Crippen LogP contribution >= 0.6 is 0 Å². The molecule has 4 nitrogen and oxygen atoms in total. The maximum Gasteiger partial charge on any atom is 0.254 e. The van der Waals surface area contributed by atoms with Crippen LogP contribution < -0.4 is 0 Å². The highest BCUT2D eigenvalue weighted by Gasteiger charge is 2.30. The number of hydrogen-bond donors (Lipinski definition) is 0. The molecule has 1 aromatic carbocycles. The number of likely N-dealkylation sites (tertiary alicyclic amines) is 1. The van der Waals surface area contributed by atoms with Gasteiger partial charge < -0.3 is 9.64 Å². The summed E-state index contributed by atoms with van der Waals surface area (Å²) in [7, 11) is 0. The highest BCUT2D eigenvalue weighted by atomic mass is 16.5. The van der Waals surface area contributed by atoms with Crippen LogP contribution in [0.4, 0.5) is 0 Å². The molecule has 2 fully saturated rings. The number of rotatable bonds is 3. The van der Waals surface area contributed by atoms with Gasteiger partial charge >= 0.3 is 0 Å². The van der Waals surface area contributed by atoms with Crippen molar-refractivity contribution in [1.29, 1.82) is 0 Å². The molecule has 0 radical (unpaired) electrons. The van der Waals surface area contributed by atoms with Crippen molar-refractivity contribution in [3.63, 3.8) is 0 Å². The Labute approximate surface area is 133 Å². The fourth-order valence-electron chi connectivity index (χ4n) is 3.57. The van der Waals surface area contributed by atoms with E-state index in [2.05, 4.69) is 30.9 Å². The van der Waals surface area contributed by atoms with Crippen molar-refractivity contribution in [1.82, 2.24) is 9.80 Å². The summed E-state index contributed by atoms with van der Waals surface area (Å²) in [6.45, 7) is 9.71. The van der Waals surface area contributed by atoms with Gasteiger partial charge in [0.05, 0.1) is 13.2 Å². The highest BCUT2D eigenvalue weighted by molar-refractivity contribution is 5.94. The molecule has 22 heavy (non-hydrogen) atoms. The summed E-state index contributed by atoms with van der Waals surface area (Å²) in [4.78, 5) is 17.1. The van der Waals surface area contributed by atoms with E-state index in [9.17, 15) is 4.79 Å². The monoisotopic (exact) mass is 302 g/mol. The van der Waals surface area contributed by atoms with Crippen LogP contribution in [-0.4, -0.2) is 54.6 Å². The lowest BCUT2D eigenvalue weighted by molar-refractivity contribution is 0.0341. The quantitative estimate of drug-likeness (QED) is 0.859. The average Bonchev–Trinajstić information content (AvgIpc) is 2.86. The number of ether oxygens (including phenoxy) is 1. The van der Waals surface area contributed by atoms with Gasteiger partial charge in [-0.05, 0) is 37.0 Å². The fourth-order valence-corrected chi connectivity index (χ4v) is 3.57. The van der Waals surface area contributed by atoms with Crippen molar-refractivity contribution >= 4 is 5.91 Å². The Bertz CT molecular complexity index is 526. The van der Waals surface area contributed by atoms with Gasteiger partial charge in [-0.15, -0.1) is 0 Å². The van der Waals surface area contributed by atoms with Crippen LogP contribution in [0.3, 0.4) is 0 Å². The zero-order valence-electron chi connectivity index (χ0n) is 13.6. The summed E-state index contributed by atoms with van der Waals surface area (Å²) in [6, 6.07) is 8.48. The van der Waals surface area contributed by atoms with E-state index in [4.69, 9.17) is 4.74 Å². The molecule has 0 N–H and O–H groups in total. The maximum atomic E-state index is 12.7. The number of carbonyl (C=O) groups is 1. The molecule has 2 saturated heterocycles. The van der Waals surface area contributed by atoms with Gasteiger partial charge in [-0.3, -0.25) is 9.69 Å². The fraction of sp³-hybridized carbons (Fsp3) is 0.611. The summed E-state index contributed by atoms with van der Waals surface area (Å²) in [5, 5.41) is 0. The molecule has 0 spiro atoms. The first-order valence-electron chi connectivity index (χ1n) is 8.33. The number of nitrogens with zero attached hydrogens (tertiary/aromatic N) is 2. The lowest BCUT2D eigenvalue weighted by Crippen LogP contribution is -2.36. The van der Waals surface area contributed by atoms with Gasteiger partial charge in [-0.2, -0.15) is 0 Å². The van der Waals surface area contributed by atoms with Crippen molar-refractivity contribution < 1.29 is 9.53 Å². The lowest BCUT2D eigenvalue weighted by Gasteiger charge is -2.27. The van der Waals surface area contributed by atoms with Crippen LogP contribution in [0, 0.1) is 5.92 Å². The Hall–Kier alpha value is -1.39. The Morgan fingerprint density at radius 2 is 2.05 bits per heavy atom. The zero-order chi connectivity index (χ0) is 15.5. The van der Waals surface area contributed by atoms with Crippen molar-refractivity contribution in [3.8, 4) is 0 Å². The summed E-state index contributed by atoms with van der Waals surface area (Å²) >= 11 is 0. The number of hydrogen-bond acceptors (Lipinski definition) is 3. The van der Waals surface area contributed by atoms with Crippen molar-refractivity contribution in [2.45, 2.75) is 32.9 Å². The molecule has 2 unspecified atom stereocenters. The van der Waals surface area contributed by atoms with E-state index in [1.165, 1.54) is 5.56 Å². The molecule has 120 valence electrons. The molecule has 1 amide bonds. The summed E-state index contributed by atoms with van der Waals surface area (Å²) in [5.41, 5.74) is 2.04. The van der Waals surface area contributed by atoms with Gasteiger partial charge in [-0.25, -0.2) is 0 Å². The van der Waals surface area contributed by atoms with Crippen LogP contribution in [0.1, 0.15) is 36.2 Å². The SMILES string of the molecule is CC1CC(C)N(C(=O)c2cccc(CN3CCOCC3)c2)C1. The van der Waals surface area contributed by atoms with Crippen LogP contribution in [0.2, 0.25) is 0 Å². The Kier molecular flexibility index (Phi) is 4.79. The van der Waals surface area contributed by atoms with E-state index in [-0.39, 0.29) is 5.91 Å². The molecule has 0 saturated carbocycles. The minimum atomic E-state index is 0.181. The summed E-state index contributed by atoms with van der Waals surface area (Å²) in [5.74, 6) is 0.788. The molecule has 0 aliphatic carbocycles. The second kappa shape index (κ2) is 6.80. The first kappa shape index (κ1) is 15.5. The van der Waals surface area contributed by atoms with E-state index in [0.717, 1.165) is 51.4 Å². The maximum absolute atomic E-state index is 12.7. The number of benzene rings is 1. The van der Waals surface area contributed by atoms with Gasteiger partial charge in [0.15, 0.2) is 0 Å². The summed E-state index contributed by atoms with van der Waals surface area (Å²) in [6.07, 6.45) is 1.11. The third kappa shape index (κ3) is 3.50. The third-order valence-corrected chi connectivity index (χ3v) is 4.73. The van der Waals surface area contributed by atoms with Gasteiger partial charge in [0, 0.05) is 37.8 Å². The standard InChI is InChI=1S/C18H26N2O2/c1-14-10-15(2)20(12-14)18(21)17-5-3-4-16(11-17)13-19-6-8-22-9-7-19/h3-5,11,14-15H,6-10,12-13H2,1-2H3. The van der Waals surface area contributed by atoms with Crippen LogP contribution in [0.15, 0.2) is 24.3 Å². The smallest absolute Gasteiger partial charge is 0.254 e. The molecule has 0 aromatic heterocycles. The number of morpholine rings is 1. The minimum Gasteiger partial charge on any atom is -0.379 e. The Morgan fingerprint density at radius 1 is 1.27 bits per heavy atom. The van der Waals surface area contributed by atoms with E-state index >= 15 is 0 Å². The summed E-state index contributed by atoms with van der Waals surface area (Å²) < 4.78 is 5.39. The molecular weight excluding hydrogens is 276 g/mol. The Morgan fingerprint density at radius 3 is 2.73 bits per heavy atom. The van der Waals surface area contributed by atoms with Crippen molar-refractivity contribution in [3.05, 3.63) is 35.4 Å². The first-order chi connectivity index (χ1) is 10.6. The second-order valence-electron chi connectivity index (χ2n) is 6.74. The molecule has 0 bridgehead atoms. The topological polar surface area (TPSA) is 32.8 Å². The predicted octanol–water partition coefficient (Wildman–Crippen LogP) is 2.39. The molecule has 2 aliphatic heterocycles. The highest BCUT2D eigenvalue weighted by Crippen LogP contribution is 2.24. The number of amides is 1. The van der Waals surface area contributed by atoms with Crippen LogP contribution in [0.5, 0.6) is 0 Å². The van der Waals surface area contributed by atoms with E-state index in [0.29, 0.717) is 12.0 Å². The molecule has 3 rings (SSSR count). The zero-order valence-corrected chi connectivity index (χ0v) is 13.6. The van der Waals surface area contributed by atoms with Gasteiger partial charge in [0.2, 0.25) is 0 Å². The molecule has 1 aromatic rings. The lowest BCUT2D eigenvalue weighted by atomic mass is 10.1. The molecular formula is C18H26N2O2. The van der Waals surface area contributed by atoms with Crippen molar-refractivity contribution in [2.75, 3.05) is 32.8 Å². The van der Waals surface area contributed by atoms with E-state index in [1.54, 1.807) is 0 Å². The molecule has 2 heterocycles. The van der Waals surface area contributed by atoms with E-state index < -0.39 is 0 Å². The first-order valence-corrected chi connectivity index (χ1v) is 8.33. The Balaban J connectivity index is 1.69. The normalized spacial score (nSPS) is 26.4. The molecule has 2 aliphatic rings. The predicted molar refractivity (Wildman–Crippen MR) is 86.8 cm³/mol. The molecule has 2 atom stereocenters. The van der Waals surface area contributed by atoms with Gasteiger partial charge in [0.1, 0.15) is 0 Å². The number of carbonyl (C=O) groups excluding carboxylic acids is 1. The third-order valence-electron chi connectivity index (χ3n) is 4.73. The van der Waals surface area contributed by atoms with E-state index in [1.807, 2.05) is 17.0 Å². The van der Waals surface area contributed by atoms with Crippen molar-refractivity contribution in [2.24, 2.45) is 5.92 Å². The largest absolute Gasteiger partial charge is 0.379 e. The second-order valence-corrected chi connectivity index (χ2v) is 6.74. The minimum absolute atomic E-state index is 0.181. The van der Waals surface area contributed by atoms with Crippen LogP contribution in [-0.2, 0) is 11.3 Å². The average molecular weight is 302 g/mol. The molecule has 4 heteroatoms.